The number of aromatic hydroxyl groups is 2. The maximum Gasteiger partial charge on any atom is 0.311 e. The fourth-order valence-electron chi connectivity index (χ4n) is 1.93. The highest BCUT2D eigenvalue weighted by atomic mass is 35.5. The molecule has 0 aromatic heterocycles. The molecule has 0 fully saturated rings. The highest BCUT2D eigenvalue weighted by Crippen LogP contribution is 2.30. The summed E-state index contributed by atoms with van der Waals surface area (Å²) in [5.74, 6) is -1.77. The van der Waals surface area contributed by atoms with Crippen LogP contribution in [0.15, 0.2) is 36.4 Å². The van der Waals surface area contributed by atoms with Crippen LogP contribution in [0.3, 0.4) is 0 Å². The number of amides is 1. The van der Waals surface area contributed by atoms with Gasteiger partial charge in [0.05, 0.1) is 21.0 Å². The normalized spacial score (nSPS) is 9.68. The van der Waals surface area contributed by atoms with Gasteiger partial charge in [0.25, 0.3) is 11.1 Å². The molecule has 2 aromatic carbocycles. The Morgan fingerprint density at radius 2 is 1.29 bits per heavy atom. The summed E-state index contributed by atoms with van der Waals surface area (Å²) in [6.45, 7) is 0. The standard InChI is InChI=1S/C9H10N2O4.C7H4ClNO4/c1-10(2)9(13)6-4-3-5-7(8(6)12)11(14)15;8-7(11)4-2-1-3-5(6(4)10)9(12)13/h3-5,12H,1-2H3;1-3,10H. The van der Waals surface area contributed by atoms with Crippen molar-refractivity contribution < 1.29 is 29.6 Å². The number of hydrogen-bond acceptors (Lipinski definition) is 8. The quantitative estimate of drug-likeness (QED) is 0.440. The average molecular weight is 412 g/mol. The molecule has 0 bridgehead atoms. The topological polar surface area (TPSA) is 164 Å². The molecule has 148 valence electrons. The second-order valence-electron chi connectivity index (χ2n) is 5.33. The van der Waals surface area contributed by atoms with Gasteiger partial charge in [0, 0.05) is 26.2 Å². The van der Waals surface area contributed by atoms with E-state index in [9.17, 15) is 40.0 Å². The van der Waals surface area contributed by atoms with Crippen LogP contribution in [-0.4, -0.2) is 50.2 Å². The molecular formula is C16H14ClN3O8. The molecule has 0 spiro atoms. The molecule has 0 saturated carbocycles. The number of hydrogen-bond donors (Lipinski definition) is 2. The first-order valence-corrected chi connectivity index (χ1v) is 7.71. The number of nitro groups is 2. The molecule has 11 nitrogen and oxygen atoms in total. The zero-order chi connectivity index (χ0) is 21.6. The predicted octanol–water partition coefficient (Wildman–Crippen LogP) is 2.68. The molecule has 0 aliphatic heterocycles. The molecular weight excluding hydrogens is 398 g/mol. The predicted molar refractivity (Wildman–Crippen MR) is 97.7 cm³/mol. The lowest BCUT2D eigenvalue weighted by Gasteiger charge is -2.10. The third kappa shape index (κ3) is 5.14. The van der Waals surface area contributed by atoms with Crippen molar-refractivity contribution in [3.8, 4) is 11.5 Å². The Balaban J connectivity index is 0.000000283. The average Bonchev–Trinajstić information content (AvgIpc) is 2.61. The molecule has 2 aromatic rings. The smallest absolute Gasteiger partial charge is 0.311 e. The van der Waals surface area contributed by atoms with Crippen LogP contribution in [-0.2, 0) is 0 Å². The Kier molecular flexibility index (Phi) is 7.39. The number of phenols is 2. The summed E-state index contributed by atoms with van der Waals surface area (Å²) in [5, 5.41) is 38.5. The molecule has 0 aliphatic carbocycles. The van der Waals surface area contributed by atoms with Crippen molar-refractivity contribution in [3.05, 3.63) is 67.8 Å². The largest absolute Gasteiger partial charge is 0.502 e. The van der Waals surface area contributed by atoms with Gasteiger partial charge in [-0.15, -0.1) is 0 Å². The number of benzene rings is 2. The first kappa shape index (κ1) is 22.3. The van der Waals surface area contributed by atoms with Crippen molar-refractivity contribution in [2.24, 2.45) is 0 Å². The van der Waals surface area contributed by atoms with Crippen LogP contribution in [0.25, 0.3) is 0 Å². The fourth-order valence-corrected chi connectivity index (χ4v) is 2.08. The summed E-state index contributed by atoms with van der Waals surface area (Å²) < 4.78 is 0. The molecule has 0 saturated heterocycles. The molecule has 0 heterocycles. The minimum absolute atomic E-state index is 0.0748. The molecule has 0 radical (unpaired) electrons. The van der Waals surface area contributed by atoms with Gasteiger partial charge in [-0.05, 0) is 23.7 Å². The van der Waals surface area contributed by atoms with Crippen LogP contribution in [0.2, 0.25) is 0 Å². The summed E-state index contributed by atoms with van der Waals surface area (Å²) in [6, 6.07) is 7.39. The van der Waals surface area contributed by atoms with Crippen LogP contribution in [0.4, 0.5) is 11.4 Å². The van der Waals surface area contributed by atoms with E-state index in [0.717, 1.165) is 12.1 Å². The van der Waals surface area contributed by atoms with Gasteiger partial charge in [0.1, 0.15) is 0 Å². The lowest BCUT2D eigenvalue weighted by Crippen LogP contribution is -2.21. The Labute approximate surface area is 162 Å². The summed E-state index contributed by atoms with van der Waals surface area (Å²) >= 11 is 5.06. The Hall–Kier alpha value is -3.73. The van der Waals surface area contributed by atoms with Gasteiger partial charge in [-0.3, -0.25) is 29.8 Å². The van der Waals surface area contributed by atoms with Crippen LogP contribution in [0.5, 0.6) is 11.5 Å². The molecule has 28 heavy (non-hydrogen) atoms. The van der Waals surface area contributed by atoms with Crippen molar-refractivity contribution in [3.63, 3.8) is 0 Å². The summed E-state index contributed by atoms with van der Waals surface area (Å²) in [7, 11) is 3.00. The molecule has 12 heteroatoms. The van der Waals surface area contributed by atoms with E-state index >= 15 is 0 Å². The van der Waals surface area contributed by atoms with E-state index in [0.29, 0.717) is 0 Å². The van der Waals surface area contributed by atoms with E-state index in [2.05, 4.69) is 0 Å². The van der Waals surface area contributed by atoms with Crippen molar-refractivity contribution in [2.45, 2.75) is 0 Å². The third-order valence-corrected chi connectivity index (χ3v) is 3.47. The van der Waals surface area contributed by atoms with Crippen molar-refractivity contribution in [2.75, 3.05) is 14.1 Å². The van der Waals surface area contributed by atoms with E-state index in [1.807, 2.05) is 0 Å². The van der Waals surface area contributed by atoms with Gasteiger partial charge in [-0.25, -0.2) is 0 Å². The molecule has 0 aliphatic rings. The first-order chi connectivity index (χ1) is 13.0. The maximum absolute atomic E-state index is 11.5. The number of phenolic OH excluding ortho intramolecular Hbond substituents is 2. The van der Waals surface area contributed by atoms with E-state index < -0.39 is 43.9 Å². The first-order valence-electron chi connectivity index (χ1n) is 7.33. The highest BCUT2D eigenvalue weighted by molar-refractivity contribution is 6.68. The summed E-state index contributed by atoms with van der Waals surface area (Å²) in [4.78, 5) is 42.6. The van der Waals surface area contributed by atoms with Crippen LogP contribution >= 0.6 is 11.6 Å². The van der Waals surface area contributed by atoms with Crippen LogP contribution in [0.1, 0.15) is 20.7 Å². The highest BCUT2D eigenvalue weighted by Gasteiger charge is 2.21. The second kappa shape index (κ2) is 9.28. The molecule has 0 atom stereocenters. The summed E-state index contributed by atoms with van der Waals surface area (Å²) in [6.07, 6.45) is 0. The van der Waals surface area contributed by atoms with Crippen molar-refractivity contribution in [1.82, 2.24) is 4.90 Å². The van der Waals surface area contributed by atoms with Crippen molar-refractivity contribution >= 4 is 34.1 Å². The maximum atomic E-state index is 11.5. The lowest BCUT2D eigenvalue weighted by molar-refractivity contribution is -0.386. The summed E-state index contributed by atoms with van der Waals surface area (Å²) in [5.41, 5.74) is -1.35. The number of carbonyl (C=O) groups is 2. The van der Waals surface area contributed by atoms with E-state index in [4.69, 9.17) is 11.6 Å². The molecule has 2 N–H and O–H groups in total. The van der Waals surface area contributed by atoms with Gasteiger partial charge in [0.15, 0.2) is 0 Å². The monoisotopic (exact) mass is 411 g/mol. The van der Waals surface area contributed by atoms with Crippen LogP contribution in [0, 0.1) is 20.2 Å². The van der Waals surface area contributed by atoms with Gasteiger partial charge < -0.3 is 15.1 Å². The van der Waals surface area contributed by atoms with Gasteiger partial charge in [0.2, 0.25) is 11.5 Å². The second-order valence-corrected chi connectivity index (χ2v) is 5.68. The SMILES string of the molecule is CN(C)C(=O)c1cccc([N+](=O)[O-])c1O.O=C(Cl)c1cccc([N+](=O)[O-])c1O. The van der Waals surface area contributed by atoms with Crippen LogP contribution < -0.4 is 0 Å². The number of nitro benzene ring substituents is 2. The minimum atomic E-state index is -0.929. The Bertz CT molecular complexity index is 913. The third-order valence-electron chi connectivity index (χ3n) is 3.27. The molecule has 2 rings (SSSR count). The zero-order valence-electron chi connectivity index (χ0n) is 14.5. The Morgan fingerprint density at radius 3 is 1.64 bits per heavy atom. The fraction of sp³-hybridized carbons (Fsp3) is 0.125. The number of carbonyl (C=O) groups excluding carboxylic acids is 2. The zero-order valence-corrected chi connectivity index (χ0v) is 15.3. The van der Waals surface area contributed by atoms with Gasteiger partial charge >= 0.3 is 11.4 Å². The van der Waals surface area contributed by atoms with Gasteiger partial charge in [-0.2, -0.15) is 0 Å². The van der Waals surface area contributed by atoms with Gasteiger partial charge in [-0.1, -0.05) is 12.1 Å². The van der Waals surface area contributed by atoms with E-state index in [1.54, 1.807) is 0 Å². The van der Waals surface area contributed by atoms with E-state index in [-0.39, 0.29) is 11.1 Å². The minimum Gasteiger partial charge on any atom is -0.502 e. The Morgan fingerprint density at radius 1 is 0.893 bits per heavy atom. The lowest BCUT2D eigenvalue weighted by atomic mass is 10.1. The molecule has 1 amide bonds. The molecule has 0 unspecified atom stereocenters. The number of rotatable bonds is 4. The van der Waals surface area contributed by atoms with Crippen molar-refractivity contribution in [1.29, 1.82) is 0 Å². The number of para-hydroxylation sites is 2. The van der Waals surface area contributed by atoms with E-state index in [1.165, 1.54) is 43.3 Å². The number of halogens is 1. The number of nitrogens with zero attached hydrogens (tertiary/aromatic N) is 3.